The van der Waals surface area contributed by atoms with Crippen molar-refractivity contribution in [3.63, 3.8) is 0 Å². The zero-order valence-electron chi connectivity index (χ0n) is 30.7. The predicted octanol–water partition coefficient (Wildman–Crippen LogP) is 3.60. The lowest BCUT2D eigenvalue weighted by molar-refractivity contribution is -0.136. The Morgan fingerprint density at radius 2 is 1.80 bits per heavy atom. The first-order valence-electron chi connectivity index (χ1n) is 18.6. The van der Waals surface area contributed by atoms with Crippen LogP contribution in [0.5, 0.6) is 0 Å². The van der Waals surface area contributed by atoms with Gasteiger partial charge in [0, 0.05) is 80.2 Å². The number of anilines is 3. The number of imide groups is 1. The minimum atomic E-state index is -3.50. The van der Waals surface area contributed by atoms with Gasteiger partial charge in [0.1, 0.15) is 17.7 Å². The van der Waals surface area contributed by atoms with Crippen LogP contribution in [-0.4, -0.2) is 107 Å². The van der Waals surface area contributed by atoms with Gasteiger partial charge in [-0.3, -0.25) is 29.3 Å². The molecule has 1 unspecified atom stereocenters. The third kappa shape index (κ3) is 6.70. The quantitative estimate of drug-likeness (QED) is 0.194. The van der Waals surface area contributed by atoms with Gasteiger partial charge in [-0.15, -0.1) is 0 Å². The molecule has 1 aromatic carbocycles. The number of piperidine rings is 1. The number of hydrogen-bond acceptors (Lipinski definition) is 13. The number of halogens is 1. The number of piperazine rings is 1. The third-order valence-electron chi connectivity index (χ3n) is 10.8. The summed E-state index contributed by atoms with van der Waals surface area (Å²) in [6.07, 6.45) is 8.20. The Morgan fingerprint density at radius 1 is 1.00 bits per heavy atom. The molecule has 3 fully saturated rings. The van der Waals surface area contributed by atoms with E-state index < -0.39 is 22.0 Å². The summed E-state index contributed by atoms with van der Waals surface area (Å²) in [5.74, 6) is 1.39. The van der Waals surface area contributed by atoms with Crippen molar-refractivity contribution in [1.82, 2.24) is 49.0 Å². The van der Waals surface area contributed by atoms with Crippen LogP contribution >= 0.6 is 15.9 Å². The Bertz CT molecular complexity index is 2530. The average Bonchev–Trinajstić information content (AvgIpc) is 3.68. The fourth-order valence-corrected chi connectivity index (χ4v) is 9.55. The lowest BCUT2D eigenvalue weighted by Gasteiger charge is -2.35. The number of nitrogens with one attached hydrogen (secondary N) is 2. The molecule has 2 N–H and O–H groups in total. The van der Waals surface area contributed by atoms with Gasteiger partial charge in [-0.2, -0.15) is 14.3 Å². The maximum Gasteiger partial charge on any atom is 0.256 e. The summed E-state index contributed by atoms with van der Waals surface area (Å²) in [7, 11) is -3.50. The van der Waals surface area contributed by atoms with Crippen molar-refractivity contribution in [3.05, 3.63) is 70.2 Å². The number of aromatic nitrogens is 7. The molecule has 0 bridgehead atoms. The predicted molar refractivity (Wildman–Crippen MR) is 209 cm³/mol. The van der Waals surface area contributed by atoms with Crippen molar-refractivity contribution < 1.29 is 22.8 Å². The number of rotatable bonds is 10. The van der Waals surface area contributed by atoms with Gasteiger partial charge in [0.25, 0.3) is 15.9 Å². The Kier molecular flexibility index (Phi) is 9.12. The van der Waals surface area contributed by atoms with Crippen LogP contribution < -0.4 is 15.5 Å². The fourth-order valence-electron chi connectivity index (χ4n) is 7.61. The van der Waals surface area contributed by atoms with Gasteiger partial charge in [0.2, 0.25) is 11.8 Å². The zero-order valence-corrected chi connectivity index (χ0v) is 33.1. The Balaban J connectivity index is 0.873. The molecule has 1 saturated carbocycles. The Hall–Kier alpha value is -5.27. The molecule has 5 aromatic rings. The number of pyridine rings is 1. The van der Waals surface area contributed by atoms with Crippen molar-refractivity contribution in [2.75, 3.05) is 36.4 Å². The zero-order chi connectivity index (χ0) is 38.9. The second-order valence-electron chi connectivity index (χ2n) is 14.9. The van der Waals surface area contributed by atoms with Gasteiger partial charge in [0.05, 0.1) is 34.1 Å². The molecule has 1 atom stereocenters. The van der Waals surface area contributed by atoms with Gasteiger partial charge in [-0.05, 0) is 56.4 Å². The molecule has 0 spiro atoms. The largest absolute Gasteiger partial charge is 0.352 e. The normalized spacial score (nSPS) is 19.3. The van der Waals surface area contributed by atoms with Crippen LogP contribution in [-0.2, 0) is 32.7 Å². The van der Waals surface area contributed by atoms with E-state index >= 15 is 0 Å². The molecule has 4 aromatic heterocycles. The topological polar surface area (TPSA) is 193 Å². The molecule has 1 aliphatic carbocycles. The van der Waals surface area contributed by atoms with E-state index in [1.165, 1.54) is 12.4 Å². The van der Waals surface area contributed by atoms with Crippen LogP contribution in [0.25, 0.3) is 22.3 Å². The first-order chi connectivity index (χ1) is 26.9. The van der Waals surface area contributed by atoms with Gasteiger partial charge >= 0.3 is 0 Å². The summed E-state index contributed by atoms with van der Waals surface area (Å²) < 4.78 is 29.1. The van der Waals surface area contributed by atoms with E-state index in [9.17, 15) is 22.8 Å². The average molecular weight is 844 g/mol. The van der Waals surface area contributed by atoms with Crippen LogP contribution in [0.3, 0.4) is 0 Å². The molecule has 290 valence electrons. The van der Waals surface area contributed by atoms with Crippen molar-refractivity contribution in [2.45, 2.75) is 70.0 Å². The number of benzene rings is 1. The summed E-state index contributed by atoms with van der Waals surface area (Å²) in [6.45, 7) is 8.34. The molecule has 7 heterocycles. The van der Waals surface area contributed by atoms with Crippen LogP contribution in [0.1, 0.15) is 67.1 Å². The molecule has 0 radical (unpaired) electrons. The fraction of sp³-hybridized carbons (Fsp3) is 0.405. The Labute approximate surface area is 330 Å². The third-order valence-corrected chi connectivity index (χ3v) is 13.5. The minimum Gasteiger partial charge on any atom is -0.352 e. The maximum atomic E-state index is 13.3. The van der Waals surface area contributed by atoms with E-state index in [1.54, 1.807) is 17.2 Å². The number of carbonyl (C=O) groups excluding carboxylic acids is 3. The number of carbonyl (C=O) groups is 3. The highest BCUT2D eigenvalue weighted by molar-refractivity contribution is 9.10. The summed E-state index contributed by atoms with van der Waals surface area (Å²) in [6, 6.07) is 7.05. The smallest absolute Gasteiger partial charge is 0.256 e. The SMILES string of the molecule is CC(C)n1nc(N2CCN(Cc3cc4c(cc3Br)C(=O)N(C3CCC(=O)NC3=O)C4)CC2)c2cnc(Nc3ccnc(-c4cnn(S(=O)(=O)C5CC5)c4)n3)cc21. The second-order valence-corrected chi connectivity index (χ2v) is 17.9. The van der Waals surface area contributed by atoms with Crippen molar-refractivity contribution in [1.29, 1.82) is 0 Å². The molecule has 3 amide bonds. The molecule has 2 saturated heterocycles. The molecule has 17 nitrogen and oxygen atoms in total. The molecule has 3 aliphatic heterocycles. The molecular formula is C37H39BrN12O5S. The maximum absolute atomic E-state index is 13.3. The first-order valence-corrected chi connectivity index (χ1v) is 20.9. The summed E-state index contributed by atoms with van der Waals surface area (Å²) >= 11 is 3.70. The van der Waals surface area contributed by atoms with E-state index in [1.807, 2.05) is 23.0 Å². The molecular weight excluding hydrogens is 804 g/mol. The van der Waals surface area contributed by atoms with E-state index in [0.717, 1.165) is 62.6 Å². The lowest BCUT2D eigenvalue weighted by Crippen LogP contribution is -2.52. The van der Waals surface area contributed by atoms with Crippen molar-refractivity contribution in [3.8, 4) is 11.4 Å². The molecule has 56 heavy (non-hydrogen) atoms. The highest BCUT2D eigenvalue weighted by Gasteiger charge is 2.40. The van der Waals surface area contributed by atoms with E-state index in [2.05, 4.69) is 71.3 Å². The standard InChI is InChI=1S/C37H39BrN12O5S/c1-21(2)50-30-15-32(42-31-7-8-39-34(43-31)24-16-41-49(20-24)56(54,55)25-3-4-25)40-17-27(30)35(45-50)47-11-9-46(10-12-47)18-23-13-22-19-48(37(53)26(22)14-28(23)38)29-5-6-33(51)44-36(29)52/h7-8,13-17,20-21,25,29H,3-6,9-12,18-19H2,1-2H3,(H,44,51,52)(H,39,40,42,43). The van der Waals surface area contributed by atoms with Gasteiger partial charge in [-0.25, -0.2) is 23.4 Å². The summed E-state index contributed by atoms with van der Waals surface area (Å²) in [5.41, 5.74) is 3.97. The highest BCUT2D eigenvalue weighted by atomic mass is 79.9. The second kappa shape index (κ2) is 14.0. The molecule has 9 rings (SSSR count). The monoisotopic (exact) mass is 842 g/mol. The summed E-state index contributed by atoms with van der Waals surface area (Å²) in [4.78, 5) is 57.4. The first kappa shape index (κ1) is 36.4. The number of fused-ring (bicyclic) bond motifs is 2. The summed E-state index contributed by atoms with van der Waals surface area (Å²) in [5, 5.41) is 15.3. The number of hydrogen-bond donors (Lipinski definition) is 2. The van der Waals surface area contributed by atoms with E-state index in [-0.39, 0.29) is 29.5 Å². The van der Waals surface area contributed by atoms with Crippen LogP contribution in [0.2, 0.25) is 0 Å². The van der Waals surface area contributed by atoms with Crippen LogP contribution in [0, 0.1) is 0 Å². The van der Waals surface area contributed by atoms with Gasteiger partial charge in [0.15, 0.2) is 11.6 Å². The number of nitrogens with zero attached hydrogens (tertiary/aromatic N) is 10. The number of amides is 3. The highest BCUT2D eigenvalue weighted by Crippen LogP contribution is 2.35. The van der Waals surface area contributed by atoms with E-state index in [0.29, 0.717) is 60.9 Å². The Morgan fingerprint density at radius 3 is 2.55 bits per heavy atom. The molecule has 19 heteroatoms. The van der Waals surface area contributed by atoms with Crippen molar-refractivity contribution >= 4 is 72.0 Å². The van der Waals surface area contributed by atoms with Gasteiger partial charge < -0.3 is 15.1 Å². The van der Waals surface area contributed by atoms with Crippen LogP contribution in [0.4, 0.5) is 17.5 Å². The van der Waals surface area contributed by atoms with Crippen molar-refractivity contribution in [2.24, 2.45) is 0 Å². The van der Waals surface area contributed by atoms with Gasteiger partial charge in [-0.1, -0.05) is 22.0 Å². The van der Waals surface area contributed by atoms with E-state index in [4.69, 9.17) is 10.1 Å². The lowest BCUT2D eigenvalue weighted by atomic mass is 10.0. The minimum absolute atomic E-state index is 0.0897. The van der Waals surface area contributed by atoms with Crippen LogP contribution in [0.15, 0.2) is 53.5 Å². The molecule has 4 aliphatic rings.